The predicted molar refractivity (Wildman–Crippen MR) is 62.6 cm³/mol. The van der Waals surface area contributed by atoms with E-state index < -0.39 is 17.6 Å². The fourth-order valence-corrected chi connectivity index (χ4v) is 1.52. The van der Waals surface area contributed by atoms with Crippen molar-refractivity contribution in [3.63, 3.8) is 0 Å². The predicted octanol–water partition coefficient (Wildman–Crippen LogP) is 3.98. The first-order chi connectivity index (χ1) is 8.30. The summed E-state index contributed by atoms with van der Waals surface area (Å²) in [6.07, 6.45) is -3.69. The highest BCUT2D eigenvalue weighted by Crippen LogP contribution is 2.31. The van der Waals surface area contributed by atoms with Crippen LogP contribution in [0.4, 0.5) is 17.6 Å². The summed E-state index contributed by atoms with van der Waals surface area (Å²) in [6, 6.07) is 3.09. The van der Waals surface area contributed by atoms with Crippen molar-refractivity contribution in [2.75, 3.05) is 6.54 Å². The van der Waals surface area contributed by atoms with Crippen LogP contribution in [0.5, 0.6) is 0 Å². The second-order valence-electron chi connectivity index (χ2n) is 4.67. The molecule has 0 radical (unpaired) electrons. The van der Waals surface area contributed by atoms with Gasteiger partial charge in [0.25, 0.3) is 0 Å². The summed E-state index contributed by atoms with van der Waals surface area (Å²) in [5.41, 5.74) is -0.766. The molecule has 1 N–H and O–H groups in total. The molecule has 0 heterocycles. The second-order valence-corrected chi connectivity index (χ2v) is 4.67. The first-order valence-corrected chi connectivity index (χ1v) is 5.87. The first-order valence-electron chi connectivity index (χ1n) is 5.87. The molecule has 0 unspecified atom stereocenters. The molecule has 0 atom stereocenters. The molecule has 0 spiro atoms. The van der Waals surface area contributed by atoms with Crippen LogP contribution in [0, 0.1) is 11.7 Å². The first kappa shape index (κ1) is 15.0. The molecule has 0 saturated carbocycles. The van der Waals surface area contributed by atoms with Crippen LogP contribution in [0.25, 0.3) is 0 Å². The smallest absolute Gasteiger partial charge is 0.313 e. The summed E-state index contributed by atoms with van der Waals surface area (Å²) >= 11 is 0. The zero-order valence-corrected chi connectivity index (χ0v) is 10.4. The monoisotopic (exact) mass is 263 g/mol. The van der Waals surface area contributed by atoms with Gasteiger partial charge in [-0.05, 0) is 36.6 Å². The average Bonchev–Trinajstić information content (AvgIpc) is 2.24. The molecule has 0 amide bonds. The third-order valence-electron chi connectivity index (χ3n) is 2.56. The van der Waals surface area contributed by atoms with E-state index in [0.29, 0.717) is 18.0 Å². The number of nitrogens with one attached hydrogen (secondary N) is 1. The number of hydrogen-bond donors (Lipinski definition) is 1. The summed E-state index contributed by atoms with van der Waals surface area (Å²) in [5, 5.41) is 3.04. The van der Waals surface area contributed by atoms with Gasteiger partial charge in [0.15, 0.2) is 0 Å². The third-order valence-corrected chi connectivity index (χ3v) is 2.56. The van der Waals surface area contributed by atoms with Crippen LogP contribution in [-0.2, 0) is 12.7 Å². The Labute approximate surface area is 104 Å². The molecule has 1 aromatic rings. The second kappa shape index (κ2) is 6.18. The van der Waals surface area contributed by atoms with Gasteiger partial charge in [-0.15, -0.1) is 0 Å². The lowest BCUT2D eigenvalue weighted by Crippen LogP contribution is -2.17. The SMILES string of the molecule is CC(C)CCNCc1ccc(F)c(C(F)(F)F)c1. The molecule has 5 heteroatoms. The average molecular weight is 263 g/mol. The van der Waals surface area contributed by atoms with Crippen molar-refractivity contribution in [3.8, 4) is 0 Å². The lowest BCUT2D eigenvalue weighted by molar-refractivity contribution is -0.140. The van der Waals surface area contributed by atoms with E-state index in [2.05, 4.69) is 19.2 Å². The molecule has 1 nitrogen and oxygen atoms in total. The summed E-state index contributed by atoms with van der Waals surface area (Å²) < 4.78 is 50.4. The molecule has 18 heavy (non-hydrogen) atoms. The van der Waals surface area contributed by atoms with Crippen molar-refractivity contribution >= 4 is 0 Å². The Morgan fingerprint density at radius 3 is 2.44 bits per heavy atom. The van der Waals surface area contributed by atoms with E-state index in [1.807, 2.05) is 0 Å². The Hall–Kier alpha value is -1.10. The van der Waals surface area contributed by atoms with E-state index in [1.165, 1.54) is 6.07 Å². The van der Waals surface area contributed by atoms with Crippen LogP contribution >= 0.6 is 0 Å². The van der Waals surface area contributed by atoms with Crippen LogP contribution in [-0.4, -0.2) is 6.54 Å². The molecule has 102 valence electrons. The Morgan fingerprint density at radius 1 is 1.22 bits per heavy atom. The Kier molecular flexibility index (Phi) is 5.14. The number of benzene rings is 1. The van der Waals surface area contributed by atoms with Crippen molar-refractivity contribution in [1.29, 1.82) is 0 Å². The molecule has 0 aromatic heterocycles. The Morgan fingerprint density at radius 2 is 1.89 bits per heavy atom. The minimum absolute atomic E-state index is 0.316. The number of halogens is 4. The highest BCUT2D eigenvalue weighted by atomic mass is 19.4. The fraction of sp³-hybridized carbons (Fsp3) is 0.538. The lowest BCUT2D eigenvalue weighted by Gasteiger charge is -2.11. The number of rotatable bonds is 5. The maximum Gasteiger partial charge on any atom is 0.419 e. The van der Waals surface area contributed by atoms with Crippen molar-refractivity contribution in [1.82, 2.24) is 5.32 Å². The maximum absolute atomic E-state index is 13.0. The highest BCUT2D eigenvalue weighted by molar-refractivity contribution is 5.27. The summed E-state index contributed by atoms with van der Waals surface area (Å²) in [7, 11) is 0. The van der Waals surface area contributed by atoms with Crippen molar-refractivity contribution in [3.05, 3.63) is 35.1 Å². The van der Waals surface area contributed by atoms with Crippen LogP contribution in [0.3, 0.4) is 0 Å². The van der Waals surface area contributed by atoms with Gasteiger partial charge in [-0.1, -0.05) is 19.9 Å². The van der Waals surface area contributed by atoms with Crippen LogP contribution in [0.1, 0.15) is 31.4 Å². The minimum Gasteiger partial charge on any atom is -0.313 e. The standard InChI is InChI=1S/C13H17F4N/c1-9(2)5-6-18-8-10-3-4-12(14)11(7-10)13(15,16)17/h3-4,7,9,18H,5-6,8H2,1-2H3. The summed E-state index contributed by atoms with van der Waals surface area (Å²) in [5.74, 6) is -0.690. The highest BCUT2D eigenvalue weighted by Gasteiger charge is 2.34. The van der Waals surface area contributed by atoms with Gasteiger partial charge in [0.1, 0.15) is 5.82 Å². The maximum atomic E-state index is 13.0. The van der Waals surface area contributed by atoms with Gasteiger partial charge in [-0.3, -0.25) is 0 Å². The van der Waals surface area contributed by atoms with E-state index in [4.69, 9.17) is 0 Å². The number of hydrogen-bond acceptors (Lipinski definition) is 1. The van der Waals surface area contributed by atoms with Gasteiger partial charge in [-0.2, -0.15) is 13.2 Å². The molecule has 0 saturated heterocycles. The van der Waals surface area contributed by atoms with Gasteiger partial charge in [0.2, 0.25) is 0 Å². The van der Waals surface area contributed by atoms with E-state index in [1.54, 1.807) is 0 Å². The normalized spacial score (nSPS) is 12.2. The van der Waals surface area contributed by atoms with Crippen molar-refractivity contribution in [2.24, 2.45) is 5.92 Å². The molecule has 0 aliphatic rings. The third kappa shape index (κ3) is 4.64. The molecule has 1 aromatic carbocycles. The van der Waals surface area contributed by atoms with Gasteiger partial charge in [0.05, 0.1) is 5.56 Å². The van der Waals surface area contributed by atoms with Crippen molar-refractivity contribution < 1.29 is 17.6 Å². The van der Waals surface area contributed by atoms with Gasteiger partial charge in [-0.25, -0.2) is 4.39 Å². The summed E-state index contributed by atoms with van der Waals surface area (Å²) in [6.45, 7) is 5.19. The molecular weight excluding hydrogens is 246 g/mol. The molecular formula is C13H17F4N. The van der Waals surface area contributed by atoms with Crippen LogP contribution in [0.15, 0.2) is 18.2 Å². The van der Waals surface area contributed by atoms with E-state index in [0.717, 1.165) is 25.1 Å². The molecule has 0 aliphatic heterocycles. The Bertz CT molecular complexity index is 385. The topological polar surface area (TPSA) is 12.0 Å². The van der Waals surface area contributed by atoms with Gasteiger partial charge < -0.3 is 5.32 Å². The molecule has 1 rings (SSSR count). The molecule has 0 bridgehead atoms. The summed E-state index contributed by atoms with van der Waals surface area (Å²) in [4.78, 5) is 0. The van der Waals surface area contributed by atoms with Crippen molar-refractivity contribution in [2.45, 2.75) is 33.0 Å². The van der Waals surface area contributed by atoms with Crippen LogP contribution < -0.4 is 5.32 Å². The quantitative estimate of drug-likeness (QED) is 0.626. The largest absolute Gasteiger partial charge is 0.419 e. The lowest BCUT2D eigenvalue weighted by atomic mass is 10.1. The van der Waals surface area contributed by atoms with Crippen LogP contribution in [0.2, 0.25) is 0 Å². The van der Waals surface area contributed by atoms with E-state index in [-0.39, 0.29) is 0 Å². The van der Waals surface area contributed by atoms with E-state index >= 15 is 0 Å². The Balaban J connectivity index is 2.63. The minimum atomic E-state index is -4.64. The number of alkyl halides is 3. The zero-order chi connectivity index (χ0) is 13.8. The van der Waals surface area contributed by atoms with Gasteiger partial charge >= 0.3 is 6.18 Å². The molecule has 0 fully saturated rings. The molecule has 0 aliphatic carbocycles. The van der Waals surface area contributed by atoms with Gasteiger partial charge in [0, 0.05) is 6.54 Å². The fourth-order valence-electron chi connectivity index (χ4n) is 1.52. The van der Waals surface area contributed by atoms with E-state index in [9.17, 15) is 17.6 Å². The zero-order valence-electron chi connectivity index (χ0n) is 10.4.